The first-order chi connectivity index (χ1) is 8.62. The summed E-state index contributed by atoms with van der Waals surface area (Å²) in [6.45, 7) is 3.26. The molecule has 0 fully saturated rings. The minimum absolute atomic E-state index is 0.158. The monoisotopic (exact) mass is 255 g/mol. The van der Waals surface area contributed by atoms with E-state index in [9.17, 15) is 4.79 Å². The molecule has 1 rings (SSSR count). The SMILES string of the molecule is CCCN(C)c1cnn(CC(OC)OC)c(=O)c1. The normalized spacial score (nSPS) is 10.9. The number of hydrogen-bond donors (Lipinski definition) is 0. The predicted molar refractivity (Wildman–Crippen MR) is 69.9 cm³/mol. The fourth-order valence-electron chi connectivity index (χ4n) is 1.62. The maximum absolute atomic E-state index is 11.9. The molecule has 6 heteroatoms. The van der Waals surface area contributed by atoms with Gasteiger partial charge in [0.25, 0.3) is 5.56 Å². The smallest absolute Gasteiger partial charge is 0.268 e. The maximum atomic E-state index is 11.9. The molecule has 0 spiro atoms. The Labute approximate surface area is 107 Å². The second-order valence-corrected chi connectivity index (χ2v) is 4.06. The Morgan fingerprint density at radius 3 is 2.61 bits per heavy atom. The van der Waals surface area contributed by atoms with Crippen molar-refractivity contribution in [2.75, 3.05) is 32.7 Å². The van der Waals surface area contributed by atoms with E-state index in [0.29, 0.717) is 0 Å². The Morgan fingerprint density at radius 1 is 1.44 bits per heavy atom. The molecular formula is C12H21N3O3. The minimum Gasteiger partial charge on any atom is -0.373 e. The summed E-state index contributed by atoms with van der Waals surface area (Å²) < 4.78 is 11.4. The molecule has 0 radical (unpaired) electrons. The van der Waals surface area contributed by atoms with Gasteiger partial charge >= 0.3 is 0 Å². The first-order valence-corrected chi connectivity index (χ1v) is 5.96. The van der Waals surface area contributed by atoms with E-state index >= 15 is 0 Å². The van der Waals surface area contributed by atoms with Gasteiger partial charge in [0.2, 0.25) is 0 Å². The second kappa shape index (κ2) is 7.13. The van der Waals surface area contributed by atoms with Crippen molar-refractivity contribution < 1.29 is 9.47 Å². The molecule has 1 aromatic rings. The molecule has 0 aliphatic rings. The van der Waals surface area contributed by atoms with Gasteiger partial charge in [-0.3, -0.25) is 4.79 Å². The third-order valence-electron chi connectivity index (χ3n) is 2.70. The Balaban J connectivity index is 2.82. The van der Waals surface area contributed by atoms with Gasteiger partial charge in [-0.05, 0) is 6.42 Å². The van der Waals surface area contributed by atoms with E-state index in [4.69, 9.17) is 9.47 Å². The molecule has 0 atom stereocenters. The van der Waals surface area contributed by atoms with E-state index in [1.54, 1.807) is 12.3 Å². The zero-order valence-corrected chi connectivity index (χ0v) is 11.4. The van der Waals surface area contributed by atoms with Crippen LogP contribution < -0.4 is 10.5 Å². The highest BCUT2D eigenvalue weighted by Gasteiger charge is 2.09. The van der Waals surface area contributed by atoms with Crippen molar-refractivity contribution in [3.05, 3.63) is 22.6 Å². The standard InChI is InChI=1S/C12H21N3O3/c1-5-6-14(2)10-7-11(16)15(13-8-10)9-12(17-3)18-4/h7-8,12H,5-6,9H2,1-4H3. The van der Waals surface area contributed by atoms with Crippen LogP contribution in [0.4, 0.5) is 5.69 Å². The number of methoxy groups -OCH3 is 2. The summed E-state index contributed by atoms with van der Waals surface area (Å²) in [4.78, 5) is 13.9. The van der Waals surface area contributed by atoms with Crippen molar-refractivity contribution in [2.24, 2.45) is 0 Å². The zero-order valence-electron chi connectivity index (χ0n) is 11.4. The maximum Gasteiger partial charge on any atom is 0.268 e. The predicted octanol–water partition coefficient (Wildman–Crippen LogP) is 0.708. The van der Waals surface area contributed by atoms with E-state index in [2.05, 4.69) is 12.0 Å². The fraction of sp³-hybridized carbons (Fsp3) is 0.667. The summed E-state index contributed by atoms with van der Waals surface area (Å²) >= 11 is 0. The molecule has 0 N–H and O–H groups in total. The van der Waals surface area contributed by atoms with Crippen LogP contribution in [0.25, 0.3) is 0 Å². The third kappa shape index (κ3) is 3.82. The lowest BCUT2D eigenvalue weighted by Gasteiger charge is -2.18. The fourth-order valence-corrected chi connectivity index (χ4v) is 1.62. The highest BCUT2D eigenvalue weighted by molar-refractivity contribution is 5.41. The second-order valence-electron chi connectivity index (χ2n) is 4.06. The van der Waals surface area contributed by atoms with E-state index in [-0.39, 0.29) is 12.1 Å². The van der Waals surface area contributed by atoms with Gasteiger partial charge < -0.3 is 14.4 Å². The van der Waals surface area contributed by atoms with Crippen LogP contribution >= 0.6 is 0 Å². The zero-order chi connectivity index (χ0) is 13.5. The summed E-state index contributed by atoms with van der Waals surface area (Å²) in [5.74, 6) is 0. The van der Waals surface area contributed by atoms with Crippen LogP contribution in [0.2, 0.25) is 0 Å². The number of aromatic nitrogens is 2. The molecule has 0 amide bonds. The molecule has 0 saturated heterocycles. The van der Waals surface area contributed by atoms with Crippen LogP contribution in [0, 0.1) is 0 Å². The first-order valence-electron chi connectivity index (χ1n) is 5.96. The topological polar surface area (TPSA) is 56.6 Å². The van der Waals surface area contributed by atoms with E-state index in [1.807, 2.05) is 11.9 Å². The van der Waals surface area contributed by atoms with Crippen molar-refractivity contribution in [2.45, 2.75) is 26.2 Å². The van der Waals surface area contributed by atoms with Crippen LogP contribution in [0.1, 0.15) is 13.3 Å². The van der Waals surface area contributed by atoms with Crippen LogP contribution in [0.5, 0.6) is 0 Å². The molecule has 1 aromatic heterocycles. The average Bonchev–Trinajstić information content (AvgIpc) is 2.37. The summed E-state index contributed by atoms with van der Waals surface area (Å²) in [6.07, 6.45) is 2.24. The van der Waals surface area contributed by atoms with E-state index < -0.39 is 6.29 Å². The molecule has 18 heavy (non-hydrogen) atoms. The lowest BCUT2D eigenvalue weighted by Crippen LogP contribution is -2.31. The lowest BCUT2D eigenvalue weighted by atomic mass is 10.3. The molecule has 0 aromatic carbocycles. The number of rotatable bonds is 7. The molecular weight excluding hydrogens is 234 g/mol. The summed E-state index contributed by atoms with van der Waals surface area (Å²) in [5.41, 5.74) is 0.666. The molecule has 0 aliphatic carbocycles. The first kappa shape index (κ1) is 14.7. The van der Waals surface area contributed by atoms with Gasteiger partial charge in [-0.25, -0.2) is 4.68 Å². The highest BCUT2D eigenvalue weighted by Crippen LogP contribution is 2.07. The van der Waals surface area contributed by atoms with Crippen molar-refractivity contribution in [3.63, 3.8) is 0 Å². The van der Waals surface area contributed by atoms with Crippen LogP contribution in [-0.2, 0) is 16.0 Å². The number of ether oxygens (including phenoxy) is 2. The van der Waals surface area contributed by atoms with Crippen molar-refractivity contribution in [1.29, 1.82) is 0 Å². The van der Waals surface area contributed by atoms with Crippen LogP contribution in [-0.4, -0.2) is 43.9 Å². The van der Waals surface area contributed by atoms with Gasteiger partial charge in [-0.15, -0.1) is 0 Å². The molecule has 6 nitrogen and oxygen atoms in total. The molecule has 0 saturated carbocycles. The van der Waals surface area contributed by atoms with Crippen molar-refractivity contribution in [3.8, 4) is 0 Å². The van der Waals surface area contributed by atoms with E-state index in [1.165, 1.54) is 18.9 Å². The molecule has 0 bridgehead atoms. The molecule has 0 unspecified atom stereocenters. The summed E-state index contributed by atoms with van der Waals surface area (Å²) in [6, 6.07) is 1.57. The minimum atomic E-state index is -0.463. The third-order valence-corrected chi connectivity index (χ3v) is 2.70. The Morgan fingerprint density at radius 2 is 2.11 bits per heavy atom. The molecule has 0 aliphatic heterocycles. The van der Waals surface area contributed by atoms with Crippen LogP contribution in [0.3, 0.4) is 0 Å². The summed E-state index contributed by atoms with van der Waals surface area (Å²) in [5, 5.41) is 4.12. The number of anilines is 1. The average molecular weight is 255 g/mol. The van der Waals surface area contributed by atoms with Gasteiger partial charge in [0.1, 0.15) is 0 Å². The lowest BCUT2D eigenvalue weighted by molar-refractivity contribution is -0.113. The van der Waals surface area contributed by atoms with Gasteiger partial charge in [0.15, 0.2) is 6.29 Å². The number of nitrogens with zero attached hydrogens (tertiary/aromatic N) is 3. The Kier molecular flexibility index (Phi) is 5.80. The van der Waals surface area contributed by atoms with Crippen molar-refractivity contribution in [1.82, 2.24) is 9.78 Å². The molecule has 102 valence electrons. The van der Waals surface area contributed by atoms with Gasteiger partial charge in [0, 0.05) is 33.9 Å². The summed E-state index contributed by atoms with van der Waals surface area (Å²) in [7, 11) is 5.00. The van der Waals surface area contributed by atoms with Gasteiger partial charge in [0.05, 0.1) is 18.4 Å². The van der Waals surface area contributed by atoms with Gasteiger partial charge in [-0.1, -0.05) is 6.92 Å². The Hall–Kier alpha value is -1.40. The van der Waals surface area contributed by atoms with Gasteiger partial charge in [-0.2, -0.15) is 5.10 Å². The van der Waals surface area contributed by atoms with Crippen LogP contribution in [0.15, 0.2) is 17.1 Å². The quantitative estimate of drug-likeness (QED) is 0.672. The molecule has 1 heterocycles. The largest absolute Gasteiger partial charge is 0.373 e. The number of hydrogen-bond acceptors (Lipinski definition) is 5. The van der Waals surface area contributed by atoms with E-state index in [0.717, 1.165) is 18.7 Å². The highest BCUT2D eigenvalue weighted by atomic mass is 16.7. The van der Waals surface area contributed by atoms with Crippen molar-refractivity contribution >= 4 is 5.69 Å². The Bertz CT molecular complexity index is 415.